The van der Waals surface area contributed by atoms with E-state index < -0.39 is 0 Å². The highest BCUT2D eigenvalue weighted by atomic mass is 32.2. The van der Waals surface area contributed by atoms with Gasteiger partial charge in [0.1, 0.15) is 11.1 Å². The molecule has 1 aromatic heterocycles. The van der Waals surface area contributed by atoms with E-state index in [9.17, 15) is 4.79 Å². The third kappa shape index (κ3) is 2.51. The molecule has 0 saturated carbocycles. The van der Waals surface area contributed by atoms with Crippen molar-refractivity contribution in [3.63, 3.8) is 0 Å². The van der Waals surface area contributed by atoms with Gasteiger partial charge in [-0.2, -0.15) is 0 Å². The Balaban J connectivity index is 1.79. The molecule has 3 aromatic rings. The van der Waals surface area contributed by atoms with Crippen LogP contribution >= 0.6 is 11.8 Å². The first-order valence-electron chi connectivity index (χ1n) is 7.69. The lowest BCUT2D eigenvalue weighted by Gasteiger charge is -2.25. The average Bonchev–Trinajstić information content (AvgIpc) is 3.02. The molecule has 1 aliphatic heterocycles. The Morgan fingerprint density at radius 3 is 2.71 bits per heavy atom. The van der Waals surface area contributed by atoms with Crippen molar-refractivity contribution in [2.24, 2.45) is 0 Å². The number of pyridine rings is 1. The van der Waals surface area contributed by atoms with Crippen LogP contribution in [0.2, 0.25) is 0 Å². The molecule has 2 heterocycles. The van der Waals surface area contributed by atoms with Crippen LogP contribution in [0.5, 0.6) is 5.75 Å². The first-order chi connectivity index (χ1) is 11.8. The molecule has 2 aromatic carbocycles. The molecular formula is C19H16N2O2S. The molecule has 1 unspecified atom stereocenters. The lowest BCUT2D eigenvalue weighted by Crippen LogP contribution is -2.27. The van der Waals surface area contributed by atoms with E-state index in [1.165, 1.54) is 0 Å². The number of hydrogen-bond donors (Lipinski definition) is 0. The lowest BCUT2D eigenvalue weighted by atomic mass is 10.1. The maximum absolute atomic E-state index is 12.5. The molecule has 1 aliphatic rings. The number of hydrogen-bond acceptors (Lipinski definition) is 4. The number of carbonyl (C=O) groups excluding carboxylic acids is 1. The SMILES string of the molecule is COc1ccc(N2C(=O)CSC2c2cccc3cccnc23)cc1. The smallest absolute Gasteiger partial charge is 0.238 e. The molecule has 4 nitrogen and oxygen atoms in total. The number of ether oxygens (including phenoxy) is 1. The first kappa shape index (κ1) is 15.0. The van der Waals surface area contributed by atoms with E-state index in [0.717, 1.165) is 27.9 Å². The van der Waals surface area contributed by atoms with Crippen molar-refractivity contribution >= 4 is 34.3 Å². The minimum Gasteiger partial charge on any atom is -0.497 e. The quantitative estimate of drug-likeness (QED) is 0.724. The van der Waals surface area contributed by atoms with Gasteiger partial charge in [0.2, 0.25) is 5.91 Å². The summed E-state index contributed by atoms with van der Waals surface area (Å²) in [6.45, 7) is 0. The monoisotopic (exact) mass is 336 g/mol. The second-order valence-corrected chi connectivity index (χ2v) is 6.62. The molecule has 4 rings (SSSR count). The van der Waals surface area contributed by atoms with Crippen LogP contribution in [0.25, 0.3) is 10.9 Å². The fourth-order valence-corrected chi connectivity index (χ4v) is 4.20. The van der Waals surface area contributed by atoms with Gasteiger partial charge < -0.3 is 4.74 Å². The number of amides is 1. The number of methoxy groups -OCH3 is 1. The minimum atomic E-state index is -0.0653. The summed E-state index contributed by atoms with van der Waals surface area (Å²) in [7, 11) is 1.64. The summed E-state index contributed by atoms with van der Waals surface area (Å²) >= 11 is 1.64. The third-order valence-electron chi connectivity index (χ3n) is 4.15. The number of fused-ring (bicyclic) bond motifs is 1. The molecule has 0 bridgehead atoms. The summed E-state index contributed by atoms with van der Waals surface area (Å²) in [6.07, 6.45) is 1.80. The van der Waals surface area contributed by atoms with Crippen molar-refractivity contribution in [2.75, 3.05) is 17.8 Å². The zero-order chi connectivity index (χ0) is 16.5. The van der Waals surface area contributed by atoms with Gasteiger partial charge in [-0.1, -0.05) is 24.3 Å². The van der Waals surface area contributed by atoms with Crippen LogP contribution in [0.15, 0.2) is 60.8 Å². The molecule has 120 valence electrons. The van der Waals surface area contributed by atoms with Crippen LogP contribution in [0.3, 0.4) is 0 Å². The van der Waals surface area contributed by atoms with Crippen molar-refractivity contribution in [3.8, 4) is 5.75 Å². The summed E-state index contributed by atoms with van der Waals surface area (Å²) in [6, 6.07) is 17.7. The van der Waals surface area contributed by atoms with Crippen LogP contribution < -0.4 is 9.64 Å². The van der Waals surface area contributed by atoms with Crippen LogP contribution in [-0.2, 0) is 4.79 Å². The molecule has 0 spiro atoms. The van der Waals surface area contributed by atoms with Gasteiger partial charge in [-0.05, 0) is 30.3 Å². The maximum Gasteiger partial charge on any atom is 0.238 e. The zero-order valence-electron chi connectivity index (χ0n) is 13.2. The number of thioether (sulfide) groups is 1. The highest BCUT2D eigenvalue weighted by Crippen LogP contribution is 2.43. The van der Waals surface area contributed by atoms with Gasteiger partial charge >= 0.3 is 0 Å². The molecule has 0 N–H and O–H groups in total. The van der Waals surface area contributed by atoms with Gasteiger partial charge in [0.25, 0.3) is 0 Å². The van der Waals surface area contributed by atoms with E-state index in [0.29, 0.717) is 5.75 Å². The molecule has 1 amide bonds. The Morgan fingerprint density at radius 1 is 1.12 bits per heavy atom. The Kier molecular flexibility index (Phi) is 3.86. The summed E-state index contributed by atoms with van der Waals surface area (Å²) in [4.78, 5) is 18.9. The first-order valence-corrected chi connectivity index (χ1v) is 8.74. The number of anilines is 1. The summed E-state index contributed by atoms with van der Waals surface area (Å²) < 4.78 is 5.21. The standard InChI is InChI=1S/C19H16N2O2S/c1-23-15-9-7-14(8-10-15)21-17(22)12-24-19(21)16-6-2-4-13-5-3-11-20-18(13)16/h2-11,19H,12H2,1H3. The lowest BCUT2D eigenvalue weighted by molar-refractivity contribution is -0.115. The second-order valence-electron chi connectivity index (χ2n) is 5.55. The van der Waals surface area contributed by atoms with E-state index in [2.05, 4.69) is 11.1 Å². The molecule has 0 radical (unpaired) electrons. The minimum absolute atomic E-state index is 0.0653. The normalized spacial score (nSPS) is 17.5. The van der Waals surface area contributed by atoms with Gasteiger partial charge in [-0.3, -0.25) is 14.7 Å². The summed E-state index contributed by atoms with van der Waals surface area (Å²) in [5, 5.41) is 1.02. The molecule has 1 atom stereocenters. The maximum atomic E-state index is 12.5. The second kappa shape index (κ2) is 6.17. The van der Waals surface area contributed by atoms with Gasteiger partial charge in [0, 0.05) is 22.8 Å². The zero-order valence-corrected chi connectivity index (χ0v) is 14.0. The van der Waals surface area contributed by atoms with Gasteiger partial charge in [-0.25, -0.2) is 0 Å². The predicted molar refractivity (Wildman–Crippen MR) is 97.4 cm³/mol. The number of benzene rings is 2. The molecule has 24 heavy (non-hydrogen) atoms. The number of nitrogens with zero attached hydrogens (tertiary/aromatic N) is 2. The Hall–Kier alpha value is -2.53. The fraction of sp³-hybridized carbons (Fsp3) is 0.158. The number of carbonyl (C=O) groups is 1. The van der Waals surface area contributed by atoms with Gasteiger partial charge in [0.05, 0.1) is 18.4 Å². The number of aromatic nitrogens is 1. The predicted octanol–water partition coefficient (Wildman–Crippen LogP) is 4.02. The molecule has 1 saturated heterocycles. The highest BCUT2D eigenvalue weighted by molar-refractivity contribution is 8.00. The van der Waals surface area contributed by atoms with Crippen molar-refractivity contribution in [1.82, 2.24) is 4.98 Å². The van der Waals surface area contributed by atoms with Crippen molar-refractivity contribution in [3.05, 3.63) is 66.4 Å². The fourth-order valence-electron chi connectivity index (χ4n) is 3.00. The Bertz CT molecular complexity index is 890. The molecule has 1 fully saturated rings. The van der Waals surface area contributed by atoms with Crippen LogP contribution in [0.1, 0.15) is 10.9 Å². The molecular weight excluding hydrogens is 320 g/mol. The Labute approximate surface area is 144 Å². The largest absolute Gasteiger partial charge is 0.497 e. The van der Waals surface area contributed by atoms with E-state index in [-0.39, 0.29) is 11.3 Å². The van der Waals surface area contributed by atoms with E-state index in [4.69, 9.17) is 4.74 Å². The van der Waals surface area contributed by atoms with Crippen molar-refractivity contribution < 1.29 is 9.53 Å². The number of rotatable bonds is 3. The number of para-hydroxylation sites is 1. The molecule has 0 aliphatic carbocycles. The summed E-state index contributed by atoms with van der Waals surface area (Å²) in [5.74, 6) is 1.37. The Morgan fingerprint density at radius 2 is 1.92 bits per heavy atom. The van der Waals surface area contributed by atoms with Crippen molar-refractivity contribution in [1.29, 1.82) is 0 Å². The topological polar surface area (TPSA) is 42.4 Å². The van der Waals surface area contributed by atoms with Crippen LogP contribution in [-0.4, -0.2) is 23.8 Å². The third-order valence-corrected chi connectivity index (χ3v) is 5.34. The summed E-state index contributed by atoms with van der Waals surface area (Å²) in [5.41, 5.74) is 2.90. The van der Waals surface area contributed by atoms with Crippen LogP contribution in [0, 0.1) is 0 Å². The van der Waals surface area contributed by atoms with Gasteiger partial charge in [0.15, 0.2) is 0 Å². The van der Waals surface area contributed by atoms with Crippen LogP contribution in [0.4, 0.5) is 5.69 Å². The van der Waals surface area contributed by atoms with Gasteiger partial charge in [-0.15, -0.1) is 11.8 Å². The molecule has 5 heteroatoms. The van der Waals surface area contributed by atoms with E-state index in [1.807, 2.05) is 53.4 Å². The average molecular weight is 336 g/mol. The van der Waals surface area contributed by atoms with E-state index >= 15 is 0 Å². The van der Waals surface area contributed by atoms with Crippen molar-refractivity contribution in [2.45, 2.75) is 5.37 Å². The highest BCUT2D eigenvalue weighted by Gasteiger charge is 2.35. The van der Waals surface area contributed by atoms with E-state index in [1.54, 1.807) is 25.1 Å².